The molecule has 8 heteroatoms. The van der Waals surface area contributed by atoms with Crippen molar-refractivity contribution in [3.8, 4) is 11.6 Å². The molecular weight excluding hydrogens is 356 g/mol. The zero-order chi connectivity index (χ0) is 19.3. The van der Waals surface area contributed by atoms with Crippen LogP contribution in [0.15, 0.2) is 73.3 Å². The number of hydrogen-bond acceptors (Lipinski definition) is 7. The molecule has 138 valence electrons. The number of nitrogen functional groups attached to an aromatic ring is 1. The second-order valence-electron chi connectivity index (χ2n) is 5.87. The standard InChI is InChI=1S/C20H16N6O2/c21-17-18(25-26-19(27)14-7-9-22-10-8-14)23-12-24-20(17)28-16-6-5-13-3-1-2-4-15(13)11-16/h1-12H,21H2,(H,26,27)(H,23,24,25). The molecule has 2 heterocycles. The number of hydrogen-bond donors (Lipinski definition) is 3. The first-order valence-electron chi connectivity index (χ1n) is 8.44. The molecule has 0 radical (unpaired) electrons. The summed E-state index contributed by atoms with van der Waals surface area (Å²) >= 11 is 0. The zero-order valence-electron chi connectivity index (χ0n) is 14.7. The highest BCUT2D eigenvalue weighted by Gasteiger charge is 2.12. The maximum atomic E-state index is 12.1. The smallest absolute Gasteiger partial charge is 0.269 e. The molecule has 2 aromatic carbocycles. The molecule has 28 heavy (non-hydrogen) atoms. The van der Waals surface area contributed by atoms with E-state index in [9.17, 15) is 4.79 Å². The minimum Gasteiger partial charge on any atom is -0.437 e. The average molecular weight is 372 g/mol. The molecule has 0 aliphatic carbocycles. The predicted molar refractivity (Wildman–Crippen MR) is 106 cm³/mol. The van der Waals surface area contributed by atoms with Crippen molar-refractivity contribution in [3.05, 3.63) is 78.9 Å². The van der Waals surface area contributed by atoms with Crippen LogP contribution in [0.4, 0.5) is 11.5 Å². The lowest BCUT2D eigenvalue weighted by Gasteiger charge is -2.12. The summed E-state index contributed by atoms with van der Waals surface area (Å²) in [4.78, 5) is 24.1. The molecule has 0 saturated heterocycles. The molecule has 0 bridgehead atoms. The van der Waals surface area contributed by atoms with Gasteiger partial charge in [-0.25, -0.2) is 4.98 Å². The molecule has 8 nitrogen and oxygen atoms in total. The third-order valence-corrected chi connectivity index (χ3v) is 4.02. The number of nitrogens with two attached hydrogens (primary N) is 1. The van der Waals surface area contributed by atoms with Gasteiger partial charge in [0.15, 0.2) is 5.82 Å². The first-order valence-corrected chi connectivity index (χ1v) is 8.44. The van der Waals surface area contributed by atoms with Crippen LogP contribution in [0.5, 0.6) is 11.6 Å². The summed E-state index contributed by atoms with van der Waals surface area (Å²) in [5.74, 6) is 0.660. The van der Waals surface area contributed by atoms with Crippen molar-refractivity contribution in [1.82, 2.24) is 20.4 Å². The van der Waals surface area contributed by atoms with Gasteiger partial charge in [-0.1, -0.05) is 30.3 Å². The molecule has 0 unspecified atom stereocenters. The van der Waals surface area contributed by atoms with Gasteiger partial charge in [-0.3, -0.25) is 20.6 Å². The van der Waals surface area contributed by atoms with Gasteiger partial charge in [-0.05, 0) is 35.0 Å². The van der Waals surface area contributed by atoms with Crippen molar-refractivity contribution in [2.75, 3.05) is 11.2 Å². The normalized spacial score (nSPS) is 10.4. The molecule has 2 aromatic heterocycles. The number of hydrazine groups is 1. The minimum absolute atomic E-state index is 0.172. The summed E-state index contributed by atoms with van der Waals surface area (Å²) in [6.07, 6.45) is 4.36. The van der Waals surface area contributed by atoms with E-state index in [1.54, 1.807) is 12.1 Å². The molecule has 0 aliphatic heterocycles. The molecule has 4 rings (SSSR count). The lowest BCUT2D eigenvalue weighted by molar-refractivity contribution is 0.0962. The van der Waals surface area contributed by atoms with Crippen molar-refractivity contribution >= 4 is 28.2 Å². The van der Waals surface area contributed by atoms with E-state index in [-0.39, 0.29) is 23.3 Å². The van der Waals surface area contributed by atoms with Crippen LogP contribution in [0.3, 0.4) is 0 Å². The molecular formula is C20H16N6O2. The number of carbonyl (C=O) groups excluding carboxylic acids is 1. The minimum atomic E-state index is -0.350. The van der Waals surface area contributed by atoms with E-state index >= 15 is 0 Å². The number of amides is 1. The monoisotopic (exact) mass is 372 g/mol. The Labute approximate surface area is 160 Å². The lowest BCUT2D eigenvalue weighted by Crippen LogP contribution is -2.30. The van der Waals surface area contributed by atoms with Crippen LogP contribution in [-0.2, 0) is 0 Å². The van der Waals surface area contributed by atoms with Crippen LogP contribution < -0.4 is 21.3 Å². The number of aromatic nitrogens is 3. The fraction of sp³-hybridized carbons (Fsp3) is 0. The number of nitrogens with one attached hydrogen (secondary N) is 2. The van der Waals surface area contributed by atoms with Gasteiger partial charge in [0, 0.05) is 18.0 Å². The van der Waals surface area contributed by atoms with Crippen LogP contribution in [0.1, 0.15) is 10.4 Å². The number of nitrogens with zero attached hydrogens (tertiary/aromatic N) is 3. The molecule has 4 N–H and O–H groups in total. The number of anilines is 2. The molecule has 0 saturated carbocycles. The Morgan fingerprint density at radius 1 is 0.964 bits per heavy atom. The van der Waals surface area contributed by atoms with Crippen LogP contribution in [0.2, 0.25) is 0 Å². The van der Waals surface area contributed by atoms with Crippen LogP contribution >= 0.6 is 0 Å². The summed E-state index contributed by atoms with van der Waals surface area (Å²) in [5, 5.41) is 2.14. The number of rotatable bonds is 5. The van der Waals surface area contributed by atoms with Crippen LogP contribution in [0.25, 0.3) is 10.8 Å². The fourth-order valence-corrected chi connectivity index (χ4v) is 2.59. The van der Waals surface area contributed by atoms with Crippen molar-refractivity contribution in [2.45, 2.75) is 0 Å². The van der Waals surface area contributed by atoms with Gasteiger partial charge >= 0.3 is 0 Å². The van der Waals surface area contributed by atoms with Gasteiger partial charge in [0.25, 0.3) is 5.91 Å². The molecule has 4 aromatic rings. The number of pyridine rings is 1. The second-order valence-corrected chi connectivity index (χ2v) is 5.87. The van der Waals surface area contributed by atoms with Gasteiger partial charge in [-0.15, -0.1) is 0 Å². The number of benzene rings is 2. The Balaban J connectivity index is 1.50. The number of carbonyl (C=O) groups is 1. The second kappa shape index (κ2) is 7.58. The fourth-order valence-electron chi connectivity index (χ4n) is 2.59. The third-order valence-electron chi connectivity index (χ3n) is 4.02. The lowest BCUT2D eigenvalue weighted by atomic mass is 10.1. The van der Waals surface area contributed by atoms with E-state index in [1.165, 1.54) is 18.7 Å². The summed E-state index contributed by atoms with van der Waals surface area (Å²) in [7, 11) is 0. The van der Waals surface area contributed by atoms with E-state index < -0.39 is 0 Å². The highest BCUT2D eigenvalue weighted by Crippen LogP contribution is 2.30. The highest BCUT2D eigenvalue weighted by atomic mass is 16.5. The van der Waals surface area contributed by atoms with E-state index in [1.807, 2.05) is 42.5 Å². The van der Waals surface area contributed by atoms with Crippen molar-refractivity contribution in [3.63, 3.8) is 0 Å². The van der Waals surface area contributed by atoms with E-state index in [2.05, 4.69) is 25.8 Å². The molecule has 0 spiro atoms. The maximum absolute atomic E-state index is 12.1. The predicted octanol–water partition coefficient (Wildman–Crippen LogP) is 3.16. The summed E-state index contributed by atoms with van der Waals surface area (Å²) in [6.45, 7) is 0. The third kappa shape index (κ3) is 3.65. The largest absolute Gasteiger partial charge is 0.437 e. The Kier molecular flexibility index (Phi) is 4.67. The van der Waals surface area contributed by atoms with Gasteiger partial charge in [-0.2, -0.15) is 4.98 Å². The van der Waals surface area contributed by atoms with Gasteiger partial charge in [0.05, 0.1) is 0 Å². The van der Waals surface area contributed by atoms with Crippen LogP contribution in [-0.4, -0.2) is 20.9 Å². The molecule has 0 aliphatic rings. The maximum Gasteiger partial charge on any atom is 0.269 e. The Hall–Kier alpha value is -4.20. The van der Waals surface area contributed by atoms with E-state index in [0.29, 0.717) is 11.3 Å². The first kappa shape index (κ1) is 17.2. The number of ether oxygens (including phenoxy) is 1. The molecule has 1 amide bonds. The molecule has 0 fully saturated rings. The van der Waals surface area contributed by atoms with Gasteiger partial charge in [0.1, 0.15) is 17.8 Å². The highest BCUT2D eigenvalue weighted by molar-refractivity contribution is 5.94. The van der Waals surface area contributed by atoms with Gasteiger partial charge in [0.2, 0.25) is 5.88 Å². The van der Waals surface area contributed by atoms with Crippen molar-refractivity contribution in [2.24, 2.45) is 0 Å². The van der Waals surface area contributed by atoms with Crippen LogP contribution in [0, 0.1) is 0 Å². The zero-order valence-corrected chi connectivity index (χ0v) is 14.7. The quantitative estimate of drug-likeness (QED) is 0.461. The summed E-state index contributed by atoms with van der Waals surface area (Å²) in [5.41, 5.74) is 11.9. The van der Waals surface area contributed by atoms with Gasteiger partial charge < -0.3 is 10.5 Å². The van der Waals surface area contributed by atoms with E-state index in [0.717, 1.165) is 10.8 Å². The Morgan fingerprint density at radius 3 is 2.57 bits per heavy atom. The topological polar surface area (TPSA) is 115 Å². The SMILES string of the molecule is Nc1c(NNC(=O)c2ccncc2)ncnc1Oc1ccc2ccccc2c1. The van der Waals surface area contributed by atoms with Crippen molar-refractivity contribution < 1.29 is 9.53 Å². The summed E-state index contributed by atoms with van der Waals surface area (Å²) in [6, 6.07) is 16.8. The van der Waals surface area contributed by atoms with Crippen molar-refractivity contribution in [1.29, 1.82) is 0 Å². The Morgan fingerprint density at radius 2 is 1.75 bits per heavy atom. The van der Waals surface area contributed by atoms with E-state index in [4.69, 9.17) is 10.5 Å². The Bertz CT molecular complexity index is 1130. The number of fused-ring (bicyclic) bond motifs is 1. The average Bonchev–Trinajstić information content (AvgIpc) is 2.74. The summed E-state index contributed by atoms with van der Waals surface area (Å²) < 4.78 is 5.81. The first-order chi connectivity index (χ1) is 13.7. The molecule has 0 atom stereocenters.